The summed E-state index contributed by atoms with van der Waals surface area (Å²) in [6.07, 6.45) is 6.21. The summed E-state index contributed by atoms with van der Waals surface area (Å²) in [7, 11) is -3.54. The summed E-state index contributed by atoms with van der Waals surface area (Å²) < 4.78 is 29.3. The van der Waals surface area contributed by atoms with E-state index in [-0.39, 0.29) is 31.2 Å². The van der Waals surface area contributed by atoms with E-state index in [1.54, 1.807) is 28.1 Å². The number of carbonyl (C=O) groups excluding carboxylic acids is 1. The zero-order valence-electron chi connectivity index (χ0n) is 16.7. The lowest BCUT2D eigenvalue weighted by molar-refractivity contribution is -0.384. The standard InChI is InChI=1S/C20H18N4O5S3/c1-2-9-23-16-6-5-15(24(26)27)13-17(16)31-20(23)21-19(25)14-7-10-22(11-8-14)32(28,29)18-4-3-12-30-18/h1,3-6,12-14H,7-11H2. The van der Waals surface area contributed by atoms with Crippen LogP contribution in [0.5, 0.6) is 0 Å². The molecule has 12 heteroatoms. The van der Waals surface area contributed by atoms with Crippen molar-refractivity contribution in [3.63, 3.8) is 0 Å². The fourth-order valence-corrected chi connectivity index (χ4v) is 7.25. The van der Waals surface area contributed by atoms with Gasteiger partial charge in [-0.2, -0.15) is 9.30 Å². The lowest BCUT2D eigenvalue weighted by atomic mass is 9.98. The SMILES string of the molecule is C#CCn1c(=NC(=O)C2CCN(S(=O)(=O)c3cccs3)CC2)sc2cc([N+](=O)[O-])ccc21. The van der Waals surface area contributed by atoms with Gasteiger partial charge in [-0.05, 0) is 30.4 Å². The van der Waals surface area contributed by atoms with E-state index in [9.17, 15) is 23.3 Å². The predicted octanol–water partition coefficient (Wildman–Crippen LogP) is 2.83. The third-order valence-corrected chi connectivity index (χ3v) is 9.54. The van der Waals surface area contributed by atoms with Crippen LogP contribution in [0.25, 0.3) is 10.2 Å². The first-order valence-corrected chi connectivity index (χ1v) is 12.8. The Hall–Kier alpha value is -2.85. The molecule has 3 heterocycles. The summed E-state index contributed by atoms with van der Waals surface area (Å²) in [5.74, 6) is 1.78. The molecule has 1 aliphatic rings. The minimum Gasteiger partial charge on any atom is -0.305 e. The number of thiazole rings is 1. The monoisotopic (exact) mass is 490 g/mol. The van der Waals surface area contributed by atoms with Crippen LogP contribution in [0.3, 0.4) is 0 Å². The smallest absolute Gasteiger partial charge is 0.270 e. The number of fused-ring (bicyclic) bond motifs is 1. The second-order valence-electron chi connectivity index (χ2n) is 7.14. The van der Waals surface area contributed by atoms with Crippen LogP contribution in [0.1, 0.15) is 12.8 Å². The van der Waals surface area contributed by atoms with Crippen LogP contribution in [0.15, 0.2) is 44.9 Å². The molecule has 1 aliphatic heterocycles. The molecule has 0 radical (unpaired) electrons. The number of sulfonamides is 1. The van der Waals surface area contributed by atoms with Crippen LogP contribution in [0.2, 0.25) is 0 Å². The van der Waals surface area contributed by atoms with E-state index in [4.69, 9.17) is 6.42 Å². The Bertz CT molecular complexity index is 1390. The van der Waals surface area contributed by atoms with Crippen molar-refractivity contribution >= 4 is 54.5 Å². The predicted molar refractivity (Wildman–Crippen MR) is 122 cm³/mol. The number of non-ortho nitro benzene ring substituents is 1. The average molecular weight is 491 g/mol. The number of aromatic nitrogens is 1. The van der Waals surface area contributed by atoms with Crippen LogP contribution in [0, 0.1) is 28.4 Å². The van der Waals surface area contributed by atoms with Gasteiger partial charge in [-0.25, -0.2) is 8.42 Å². The van der Waals surface area contributed by atoms with E-state index < -0.39 is 20.9 Å². The summed E-state index contributed by atoms with van der Waals surface area (Å²) in [6, 6.07) is 7.68. The van der Waals surface area contributed by atoms with E-state index in [2.05, 4.69) is 10.9 Å². The van der Waals surface area contributed by atoms with Crippen molar-refractivity contribution in [2.24, 2.45) is 10.9 Å². The summed E-state index contributed by atoms with van der Waals surface area (Å²) in [5.41, 5.74) is 0.616. The highest BCUT2D eigenvalue weighted by atomic mass is 32.2. The molecule has 0 bridgehead atoms. The summed E-state index contributed by atoms with van der Waals surface area (Å²) >= 11 is 2.33. The Morgan fingerprint density at radius 1 is 1.31 bits per heavy atom. The van der Waals surface area contributed by atoms with Gasteiger partial charge in [0.05, 0.1) is 21.7 Å². The van der Waals surface area contributed by atoms with Gasteiger partial charge in [-0.1, -0.05) is 23.3 Å². The number of hydrogen-bond acceptors (Lipinski definition) is 7. The maximum Gasteiger partial charge on any atom is 0.270 e. The number of thiophene rings is 1. The van der Waals surface area contributed by atoms with Gasteiger partial charge in [0.2, 0.25) is 0 Å². The molecule has 0 saturated carbocycles. The first-order valence-electron chi connectivity index (χ1n) is 9.64. The zero-order chi connectivity index (χ0) is 22.9. The highest BCUT2D eigenvalue weighted by molar-refractivity contribution is 7.91. The fourth-order valence-electron chi connectivity index (χ4n) is 3.57. The summed E-state index contributed by atoms with van der Waals surface area (Å²) in [6.45, 7) is 0.658. The van der Waals surface area contributed by atoms with Crippen molar-refractivity contribution in [1.29, 1.82) is 0 Å². The van der Waals surface area contributed by atoms with E-state index in [0.29, 0.717) is 32.1 Å². The zero-order valence-corrected chi connectivity index (χ0v) is 19.2. The van der Waals surface area contributed by atoms with E-state index in [0.717, 1.165) is 11.3 Å². The van der Waals surface area contributed by atoms with Crippen molar-refractivity contribution in [2.75, 3.05) is 13.1 Å². The van der Waals surface area contributed by atoms with Crippen LogP contribution in [-0.2, 0) is 21.4 Å². The van der Waals surface area contributed by atoms with Gasteiger partial charge in [0.15, 0.2) is 4.80 Å². The van der Waals surface area contributed by atoms with Crippen molar-refractivity contribution in [3.05, 3.63) is 50.6 Å². The number of nitrogens with zero attached hydrogens (tertiary/aromatic N) is 4. The normalized spacial score (nSPS) is 16.3. The number of rotatable bonds is 5. The molecule has 0 aliphatic carbocycles. The van der Waals surface area contributed by atoms with Gasteiger partial charge in [0, 0.05) is 31.1 Å². The lowest BCUT2D eigenvalue weighted by Crippen LogP contribution is -2.40. The first kappa shape index (κ1) is 22.3. The molecule has 1 fully saturated rings. The molecular weight excluding hydrogens is 472 g/mol. The van der Waals surface area contributed by atoms with Gasteiger partial charge in [0.1, 0.15) is 4.21 Å². The minimum atomic E-state index is -3.54. The summed E-state index contributed by atoms with van der Waals surface area (Å²) in [4.78, 5) is 28.1. The second kappa shape index (κ2) is 8.95. The van der Waals surface area contributed by atoms with Crippen molar-refractivity contribution in [3.8, 4) is 12.3 Å². The van der Waals surface area contributed by atoms with Gasteiger partial charge in [-0.15, -0.1) is 17.8 Å². The van der Waals surface area contributed by atoms with Crippen molar-refractivity contribution in [2.45, 2.75) is 23.6 Å². The van der Waals surface area contributed by atoms with Crippen LogP contribution >= 0.6 is 22.7 Å². The summed E-state index contributed by atoms with van der Waals surface area (Å²) in [5, 5.41) is 12.8. The van der Waals surface area contributed by atoms with Gasteiger partial charge in [0.25, 0.3) is 21.6 Å². The highest BCUT2D eigenvalue weighted by Crippen LogP contribution is 2.27. The van der Waals surface area contributed by atoms with Gasteiger partial charge < -0.3 is 4.57 Å². The molecule has 0 atom stereocenters. The number of carbonyl (C=O) groups is 1. The van der Waals surface area contributed by atoms with Crippen LogP contribution in [0.4, 0.5) is 5.69 Å². The number of piperidine rings is 1. The number of hydrogen-bond donors (Lipinski definition) is 0. The number of amides is 1. The quantitative estimate of drug-likeness (QED) is 0.310. The topological polar surface area (TPSA) is 115 Å². The molecule has 4 rings (SSSR count). The molecule has 0 unspecified atom stereocenters. The molecule has 0 N–H and O–H groups in total. The minimum absolute atomic E-state index is 0.0520. The Labute approximate surface area is 191 Å². The van der Waals surface area contributed by atoms with E-state index in [1.165, 1.54) is 27.8 Å². The lowest BCUT2D eigenvalue weighted by Gasteiger charge is -2.29. The molecule has 1 amide bonds. The fraction of sp³-hybridized carbons (Fsp3) is 0.300. The third-order valence-electron chi connectivity index (χ3n) is 5.22. The molecule has 2 aromatic heterocycles. The van der Waals surface area contributed by atoms with E-state index in [1.807, 2.05) is 0 Å². The number of nitro groups is 1. The molecule has 3 aromatic rings. The number of terminal acetylenes is 1. The van der Waals surface area contributed by atoms with Gasteiger partial charge >= 0.3 is 0 Å². The van der Waals surface area contributed by atoms with E-state index >= 15 is 0 Å². The number of nitro benzene ring substituents is 1. The molecule has 32 heavy (non-hydrogen) atoms. The Morgan fingerprint density at radius 3 is 2.69 bits per heavy atom. The Kier molecular flexibility index (Phi) is 6.25. The maximum absolute atomic E-state index is 12.9. The van der Waals surface area contributed by atoms with Crippen LogP contribution < -0.4 is 4.80 Å². The van der Waals surface area contributed by atoms with Gasteiger partial charge in [-0.3, -0.25) is 14.9 Å². The molecule has 9 nitrogen and oxygen atoms in total. The highest BCUT2D eigenvalue weighted by Gasteiger charge is 2.32. The molecule has 0 spiro atoms. The Morgan fingerprint density at radius 2 is 2.06 bits per heavy atom. The number of benzene rings is 1. The average Bonchev–Trinajstić information content (AvgIpc) is 3.43. The van der Waals surface area contributed by atoms with Crippen molar-refractivity contribution in [1.82, 2.24) is 8.87 Å². The maximum atomic E-state index is 12.9. The largest absolute Gasteiger partial charge is 0.305 e. The first-order chi connectivity index (χ1) is 15.3. The second-order valence-corrected chi connectivity index (χ2v) is 11.3. The third kappa shape index (κ3) is 4.24. The van der Waals surface area contributed by atoms with Crippen LogP contribution in [-0.4, -0.2) is 41.2 Å². The molecular formula is C20H18N4O5S3. The van der Waals surface area contributed by atoms with Crippen molar-refractivity contribution < 1.29 is 18.1 Å². The molecule has 1 aromatic carbocycles. The molecule has 1 saturated heterocycles. The molecule has 166 valence electrons. The Balaban J connectivity index is 1.57.